The third-order valence-corrected chi connectivity index (χ3v) is 5.61. The fourth-order valence-corrected chi connectivity index (χ4v) is 4.25. The molecule has 9 heteroatoms. The highest BCUT2D eigenvalue weighted by Gasteiger charge is 2.56. The lowest BCUT2D eigenvalue weighted by molar-refractivity contribution is -0.160. The average Bonchev–Trinajstić information content (AvgIpc) is 2.58. The van der Waals surface area contributed by atoms with E-state index in [1.165, 1.54) is 28.8 Å². The molecule has 1 aromatic carbocycles. The first-order valence-corrected chi connectivity index (χ1v) is 8.55. The maximum Gasteiger partial charge on any atom is 0.330 e. The summed E-state index contributed by atoms with van der Waals surface area (Å²) in [7, 11) is 0. The molecular formula is C16H17N3O5S. The van der Waals surface area contributed by atoms with Crippen LogP contribution in [0.2, 0.25) is 0 Å². The van der Waals surface area contributed by atoms with E-state index in [-0.39, 0.29) is 5.75 Å². The number of aliphatic carboxylic acids is 1. The van der Waals surface area contributed by atoms with Crippen molar-refractivity contribution < 1.29 is 24.6 Å². The van der Waals surface area contributed by atoms with E-state index in [9.17, 15) is 24.6 Å². The van der Waals surface area contributed by atoms with Gasteiger partial charge in [-0.05, 0) is 23.3 Å². The lowest BCUT2D eigenvalue weighted by Crippen LogP contribution is -2.74. The Morgan fingerprint density at radius 3 is 2.80 bits per heavy atom. The van der Waals surface area contributed by atoms with Gasteiger partial charge in [-0.25, -0.2) is 4.79 Å². The highest BCUT2D eigenvalue weighted by molar-refractivity contribution is 8.00. The minimum Gasteiger partial charge on any atom is -0.508 e. The van der Waals surface area contributed by atoms with Gasteiger partial charge >= 0.3 is 5.97 Å². The second-order valence-electron chi connectivity index (χ2n) is 5.91. The van der Waals surface area contributed by atoms with E-state index in [2.05, 4.69) is 11.9 Å². The summed E-state index contributed by atoms with van der Waals surface area (Å²) < 4.78 is 0. The van der Waals surface area contributed by atoms with Crippen LogP contribution in [0.15, 0.2) is 36.4 Å². The van der Waals surface area contributed by atoms with Gasteiger partial charge in [-0.3, -0.25) is 9.59 Å². The van der Waals surface area contributed by atoms with Crippen LogP contribution in [0.25, 0.3) is 0 Å². The van der Waals surface area contributed by atoms with Crippen LogP contribution in [0.3, 0.4) is 0 Å². The first-order chi connectivity index (χ1) is 11.8. The Kier molecular flexibility index (Phi) is 4.44. The molecular weight excluding hydrogens is 346 g/mol. The van der Waals surface area contributed by atoms with Gasteiger partial charge in [-0.15, -0.1) is 11.8 Å². The molecule has 2 aliphatic rings. The predicted molar refractivity (Wildman–Crippen MR) is 90.6 cm³/mol. The number of thioether (sulfide) groups is 1. The number of hydrogen-bond acceptors (Lipinski definition) is 6. The lowest BCUT2D eigenvalue weighted by Gasteiger charge is -2.52. The minimum absolute atomic E-state index is 0.0164. The smallest absolute Gasteiger partial charge is 0.330 e. The number of rotatable bonds is 4. The summed E-state index contributed by atoms with van der Waals surface area (Å²) in [6.45, 7) is 3.71. The number of carboxylic acids is 1. The Morgan fingerprint density at radius 1 is 1.44 bits per heavy atom. The number of hydrogen-bond donors (Lipinski definition) is 4. The predicted octanol–water partition coefficient (Wildman–Crippen LogP) is -0.199. The SMILES string of the molecule is C=C1CS[C@H]2C(NC(=O)C(N)c3cccc(O)c3)C(=O)N2C1C(=O)O. The van der Waals surface area contributed by atoms with Crippen molar-refractivity contribution in [3.8, 4) is 5.75 Å². The number of fused-ring (bicyclic) bond motifs is 1. The summed E-state index contributed by atoms with van der Waals surface area (Å²) in [4.78, 5) is 37.2. The third-order valence-electron chi connectivity index (χ3n) is 4.23. The maximum atomic E-state index is 12.3. The number of amides is 2. The molecule has 132 valence electrons. The Bertz CT molecular complexity index is 768. The van der Waals surface area contributed by atoms with Crippen LogP contribution in [-0.4, -0.2) is 56.1 Å². The molecule has 2 aliphatic heterocycles. The van der Waals surface area contributed by atoms with Crippen molar-refractivity contribution >= 4 is 29.5 Å². The number of benzene rings is 1. The van der Waals surface area contributed by atoms with E-state index >= 15 is 0 Å². The van der Waals surface area contributed by atoms with Crippen LogP contribution < -0.4 is 11.1 Å². The Morgan fingerprint density at radius 2 is 2.16 bits per heavy atom. The van der Waals surface area contributed by atoms with Gasteiger partial charge < -0.3 is 26.2 Å². The molecule has 2 saturated heterocycles. The topological polar surface area (TPSA) is 133 Å². The van der Waals surface area contributed by atoms with E-state index in [4.69, 9.17) is 5.73 Å². The molecule has 0 aliphatic carbocycles. The highest BCUT2D eigenvalue weighted by atomic mass is 32.2. The summed E-state index contributed by atoms with van der Waals surface area (Å²) in [5.41, 5.74) is 6.74. The highest BCUT2D eigenvalue weighted by Crippen LogP contribution is 2.40. The lowest BCUT2D eigenvalue weighted by atomic mass is 9.98. The van der Waals surface area contributed by atoms with Gasteiger partial charge in [-0.1, -0.05) is 18.7 Å². The molecule has 4 atom stereocenters. The van der Waals surface area contributed by atoms with Crippen molar-refractivity contribution in [1.82, 2.24) is 10.2 Å². The Hall–Kier alpha value is -2.52. The van der Waals surface area contributed by atoms with Crippen molar-refractivity contribution in [1.29, 1.82) is 0 Å². The average molecular weight is 363 g/mol. The maximum absolute atomic E-state index is 12.3. The Labute approximate surface area is 147 Å². The number of nitrogens with zero attached hydrogens (tertiary/aromatic N) is 1. The van der Waals surface area contributed by atoms with Crippen molar-refractivity contribution in [2.24, 2.45) is 5.73 Å². The number of carbonyl (C=O) groups is 3. The molecule has 2 amide bonds. The number of phenols is 1. The van der Waals surface area contributed by atoms with Crippen LogP contribution in [0.4, 0.5) is 0 Å². The van der Waals surface area contributed by atoms with Gasteiger partial charge in [0.1, 0.15) is 23.2 Å². The molecule has 8 nitrogen and oxygen atoms in total. The molecule has 2 heterocycles. The minimum atomic E-state index is -1.13. The van der Waals surface area contributed by atoms with E-state index in [1.54, 1.807) is 12.1 Å². The molecule has 1 aromatic rings. The first-order valence-electron chi connectivity index (χ1n) is 7.50. The molecule has 5 N–H and O–H groups in total. The van der Waals surface area contributed by atoms with Crippen molar-refractivity contribution in [3.63, 3.8) is 0 Å². The zero-order valence-corrected chi connectivity index (χ0v) is 13.9. The summed E-state index contributed by atoms with van der Waals surface area (Å²) in [6, 6.07) is 3.06. The van der Waals surface area contributed by atoms with Crippen LogP contribution in [0, 0.1) is 0 Å². The number of nitrogens with two attached hydrogens (primary N) is 1. The number of phenolic OH excluding ortho intramolecular Hbond substituents is 1. The molecule has 2 fully saturated rings. The fraction of sp³-hybridized carbons (Fsp3) is 0.312. The zero-order valence-electron chi connectivity index (χ0n) is 13.1. The zero-order chi connectivity index (χ0) is 18.3. The normalized spacial score (nSPS) is 26.4. The quantitative estimate of drug-likeness (QED) is 0.430. The number of nitrogens with one attached hydrogen (secondary N) is 1. The number of carbonyl (C=O) groups excluding carboxylic acids is 2. The molecule has 0 radical (unpaired) electrons. The van der Waals surface area contributed by atoms with E-state index < -0.39 is 41.3 Å². The van der Waals surface area contributed by atoms with Gasteiger partial charge in [0.15, 0.2) is 6.04 Å². The number of β-lactam (4-membered cyclic amide) rings is 1. The van der Waals surface area contributed by atoms with Crippen LogP contribution in [0.1, 0.15) is 11.6 Å². The second kappa shape index (κ2) is 6.41. The molecule has 0 aromatic heterocycles. The van der Waals surface area contributed by atoms with E-state index in [0.29, 0.717) is 16.9 Å². The second-order valence-corrected chi connectivity index (χ2v) is 7.01. The summed E-state index contributed by atoms with van der Waals surface area (Å²) in [5.74, 6) is -1.79. The van der Waals surface area contributed by atoms with Gasteiger partial charge in [-0.2, -0.15) is 0 Å². The first kappa shape index (κ1) is 17.3. The van der Waals surface area contributed by atoms with Gasteiger partial charge in [0.05, 0.1) is 0 Å². The molecule has 0 saturated carbocycles. The van der Waals surface area contributed by atoms with Gasteiger partial charge in [0.2, 0.25) is 11.8 Å². The summed E-state index contributed by atoms with van der Waals surface area (Å²) >= 11 is 1.35. The molecule has 3 rings (SSSR count). The van der Waals surface area contributed by atoms with Crippen LogP contribution in [-0.2, 0) is 14.4 Å². The third kappa shape index (κ3) is 2.96. The van der Waals surface area contributed by atoms with Crippen molar-refractivity contribution in [3.05, 3.63) is 42.0 Å². The largest absolute Gasteiger partial charge is 0.508 e. The standard InChI is InChI=1S/C16H17N3O5S/c1-7-6-25-15-11(14(22)19(15)12(7)16(23)24)18-13(21)10(17)8-3-2-4-9(20)5-8/h2-5,10-12,15,20H,1,6,17H2,(H,18,21)(H,23,24)/t10?,11?,12?,15-/m0/s1. The molecule has 3 unspecified atom stereocenters. The van der Waals surface area contributed by atoms with Gasteiger partial charge in [0.25, 0.3) is 0 Å². The van der Waals surface area contributed by atoms with Crippen LogP contribution >= 0.6 is 11.8 Å². The summed E-state index contributed by atoms with van der Waals surface area (Å²) in [6.07, 6.45) is 0. The summed E-state index contributed by atoms with van der Waals surface area (Å²) in [5, 5.41) is 20.9. The fourth-order valence-electron chi connectivity index (χ4n) is 2.94. The monoisotopic (exact) mass is 363 g/mol. The van der Waals surface area contributed by atoms with Crippen molar-refractivity contribution in [2.45, 2.75) is 23.5 Å². The molecule has 0 spiro atoms. The van der Waals surface area contributed by atoms with Crippen LogP contribution in [0.5, 0.6) is 5.75 Å². The van der Waals surface area contributed by atoms with Gasteiger partial charge in [0, 0.05) is 5.75 Å². The molecule has 25 heavy (non-hydrogen) atoms. The number of carboxylic acid groups (broad SMARTS) is 1. The molecule has 0 bridgehead atoms. The van der Waals surface area contributed by atoms with Crippen molar-refractivity contribution in [2.75, 3.05) is 5.75 Å². The van der Waals surface area contributed by atoms with E-state index in [0.717, 1.165) is 0 Å². The Balaban J connectivity index is 1.70. The number of aromatic hydroxyl groups is 1. The van der Waals surface area contributed by atoms with E-state index in [1.807, 2.05) is 0 Å².